The van der Waals surface area contributed by atoms with Crippen molar-refractivity contribution in [1.82, 2.24) is 14.8 Å². The number of carbonyl (C=O) groups excluding carboxylic acids is 1. The number of fused-ring (bicyclic) bond motifs is 6. The number of benzene rings is 1. The largest absolute Gasteiger partial charge is 0.355 e. The molecule has 0 radical (unpaired) electrons. The Labute approximate surface area is 124 Å². The Morgan fingerprint density at radius 3 is 3.10 bits per heavy atom. The van der Waals surface area contributed by atoms with E-state index in [1.807, 2.05) is 0 Å². The molecular formula is C17H21N3O. The van der Waals surface area contributed by atoms with Crippen LogP contribution in [-0.2, 0) is 17.9 Å². The van der Waals surface area contributed by atoms with Gasteiger partial charge in [0.25, 0.3) is 0 Å². The Balaban J connectivity index is 1.79. The zero-order valence-electron chi connectivity index (χ0n) is 12.4. The van der Waals surface area contributed by atoms with E-state index in [-0.39, 0.29) is 5.91 Å². The minimum Gasteiger partial charge on any atom is -0.355 e. The molecule has 1 saturated heterocycles. The number of amides is 1. The molecule has 2 aliphatic heterocycles. The highest BCUT2D eigenvalue weighted by atomic mass is 16.1. The Morgan fingerprint density at radius 1 is 1.38 bits per heavy atom. The molecule has 0 spiro atoms. The van der Waals surface area contributed by atoms with Crippen LogP contribution in [0.3, 0.4) is 0 Å². The Kier molecular flexibility index (Phi) is 3.00. The van der Waals surface area contributed by atoms with E-state index in [0.29, 0.717) is 12.5 Å². The van der Waals surface area contributed by atoms with Crippen LogP contribution in [0.15, 0.2) is 24.3 Å². The van der Waals surface area contributed by atoms with E-state index in [1.54, 1.807) is 6.92 Å². The molecule has 1 aromatic carbocycles. The van der Waals surface area contributed by atoms with Crippen molar-refractivity contribution in [1.29, 1.82) is 0 Å². The van der Waals surface area contributed by atoms with Gasteiger partial charge in [-0.2, -0.15) is 0 Å². The summed E-state index contributed by atoms with van der Waals surface area (Å²) in [5.41, 5.74) is 4.36. The van der Waals surface area contributed by atoms with Crippen LogP contribution in [0.2, 0.25) is 0 Å². The lowest BCUT2D eigenvalue weighted by atomic mass is 9.97. The third kappa shape index (κ3) is 2.05. The molecule has 4 nitrogen and oxygen atoms in total. The van der Waals surface area contributed by atoms with Crippen LogP contribution in [0, 0.1) is 0 Å². The van der Waals surface area contributed by atoms with Gasteiger partial charge in [-0.25, -0.2) is 0 Å². The van der Waals surface area contributed by atoms with Gasteiger partial charge >= 0.3 is 0 Å². The molecule has 0 saturated carbocycles. The number of hydrogen-bond donors (Lipinski definition) is 1. The molecule has 2 atom stereocenters. The summed E-state index contributed by atoms with van der Waals surface area (Å²) < 4.78 is 2.45. The molecule has 110 valence electrons. The maximum absolute atomic E-state index is 11.1. The molecule has 2 bridgehead atoms. The summed E-state index contributed by atoms with van der Waals surface area (Å²) >= 11 is 0. The number of carbonyl (C=O) groups is 1. The predicted octanol–water partition coefficient (Wildman–Crippen LogP) is 2.08. The standard InChI is InChI=1S/C17H21N3O/c1-12(21)18-7-9-20-16-5-3-2-4-14(16)15-11-19-8-6-13(10-19)17(15)20/h2-5,13H,6-11H2,1H3,(H,18,21). The molecule has 3 heterocycles. The third-order valence-electron chi connectivity index (χ3n) is 4.87. The molecule has 1 N–H and O–H groups in total. The van der Waals surface area contributed by atoms with Crippen molar-refractivity contribution in [2.45, 2.75) is 32.4 Å². The molecule has 0 aliphatic carbocycles. The van der Waals surface area contributed by atoms with Gasteiger partial charge in [-0.05, 0) is 24.6 Å². The van der Waals surface area contributed by atoms with E-state index in [0.717, 1.165) is 13.1 Å². The summed E-state index contributed by atoms with van der Waals surface area (Å²) in [5.74, 6) is 0.714. The van der Waals surface area contributed by atoms with Crippen molar-refractivity contribution in [2.24, 2.45) is 0 Å². The van der Waals surface area contributed by atoms with E-state index in [4.69, 9.17) is 0 Å². The first-order valence-electron chi connectivity index (χ1n) is 7.81. The van der Waals surface area contributed by atoms with E-state index in [9.17, 15) is 4.79 Å². The molecule has 4 heteroatoms. The van der Waals surface area contributed by atoms with Gasteiger partial charge in [0.1, 0.15) is 0 Å². The number of aromatic nitrogens is 1. The monoisotopic (exact) mass is 283 g/mol. The number of nitrogens with one attached hydrogen (secondary N) is 1. The van der Waals surface area contributed by atoms with Crippen molar-refractivity contribution >= 4 is 16.8 Å². The topological polar surface area (TPSA) is 37.3 Å². The number of nitrogens with zero attached hydrogens (tertiary/aromatic N) is 2. The summed E-state index contributed by atoms with van der Waals surface area (Å²) in [6.07, 6.45) is 1.27. The van der Waals surface area contributed by atoms with Gasteiger partial charge < -0.3 is 9.88 Å². The normalized spacial score (nSPS) is 23.3. The Morgan fingerprint density at radius 2 is 2.24 bits per heavy atom. The van der Waals surface area contributed by atoms with E-state index in [1.165, 1.54) is 41.7 Å². The molecule has 2 unspecified atom stereocenters. The van der Waals surface area contributed by atoms with Crippen molar-refractivity contribution in [3.63, 3.8) is 0 Å². The molecule has 2 aliphatic rings. The fraction of sp³-hybridized carbons (Fsp3) is 0.471. The lowest BCUT2D eigenvalue weighted by molar-refractivity contribution is -0.118. The van der Waals surface area contributed by atoms with E-state index in [2.05, 4.69) is 39.0 Å². The van der Waals surface area contributed by atoms with Gasteiger partial charge in [0, 0.05) is 55.6 Å². The van der Waals surface area contributed by atoms with Crippen LogP contribution >= 0.6 is 0 Å². The van der Waals surface area contributed by atoms with Crippen LogP contribution in [-0.4, -0.2) is 35.0 Å². The van der Waals surface area contributed by atoms with Gasteiger partial charge in [0.05, 0.1) is 0 Å². The average Bonchev–Trinajstić information content (AvgIpc) is 3.00. The lowest BCUT2D eigenvalue weighted by Gasteiger charge is -2.25. The minimum absolute atomic E-state index is 0.0485. The van der Waals surface area contributed by atoms with Crippen LogP contribution in [0.25, 0.3) is 10.9 Å². The van der Waals surface area contributed by atoms with Crippen molar-refractivity contribution in [3.05, 3.63) is 35.5 Å². The second-order valence-electron chi connectivity index (χ2n) is 6.24. The highest BCUT2D eigenvalue weighted by Crippen LogP contribution is 2.41. The van der Waals surface area contributed by atoms with Gasteiger partial charge in [-0.3, -0.25) is 9.69 Å². The van der Waals surface area contributed by atoms with Crippen LogP contribution in [0.4, 0.5) is 0 Å². The fourth-order valence-electron chi connectivity index (χ4n) is 4.04. The first-order chi connectivity index (χ1) is 10.2. The summed E-state index contributed by atoms with van der Waals surface area (Å²) in [7, 11) is 0. The second kappa shape index (κ2) is 4.88. The highest BCUT2D eigenvalue weighted by Gasteiger charge is 2.35. The predicted molar refractivity (Wildman–Crippen MR) is 83.3 cm³/mol. The maximum atomic E-state index is 11.1. The van der Waals surface area contributed by atoms with E-state index < -0.39 is 0 Å². The van der Waals surface area contributed by atoms with Gasteiger partial charge in [0.15, 0.2) is 0 Å². The molecule has 1 aromatic heterocycles. The molecular weight excluding hydrogens is 262 g/mol. The molecule has 2 aromatic rings. The van der Waals surface area contributed by atoms with Gasteiger partial charge in [-0.1, -0.05) is 18.2 Å². The molecule has 21 heavy (non-hydrogen) atoms. The summed E-state index contributed by atoms with van der Waals surface area (Å²) in [5, 5.41) is 4.32. The SMILES string of the molecule is CC(=O)NCCn1c2c(c3ccccc31)CN1CCC2C1. The summed E-state index contributed by atoms with van der Waals surface area (Å²) in [6.45, 7) is 6.66. The van der Waals surface area contributed by atoms with Gasteiger partial charge in [0.2, 0.25) is 5.91 Å². The highest BCUT2D eigenvalue weighted by molar-refractivity contribution is 5.86. The quantitative estimate of drug-likeness (QED) is 0.936. The van der Waals surface area contributed by atoms with Crippen LogP contribution in [0.1, 0.15) is 30.5 Å². The van der Waals surface area contributed by atoms with Crippen LogP contribution < -0.4 is 5.32 Å². The summed E-state index contributed by atoms with van der Waals surface area (Å²) in [4.78, 5) is 13.7. The van der Waals surface area contributed by atoms with Crippen molar-refractivity contribution in [3.8, 4) is 0 Å². The zero-order chi connectivity index (χ0) is 14.4. The van der Waals surface area contributed by atoms with Crippen molar-refractivity contribution in [2.75, 3.05) is 19.6 Å². The first-order valence-corrected chi connectivity index (χ1v) is 7.81. The minimum atomic E-state index is 0.0485. The first kappa shape index (κ1) is 12.9. The third-order valence-corrected chi connectivity index (χ3v) is 4.87. The number of para-hydroxylation sites is 1. The second-order valence-corrected chi connectivity index (χ2v) is 6.24. The molecule has 4 rings (SSSR count). The van der Waals surface area contributed by atoms with Crippen molar-refractivity contribution < 1.29 is 4.79 Å². The van der Waals surface area contributed by atoms with Gasteiger partial charge in [-0.15, -0.1) is 0 Å². The zero-order valence-corrected chi connectivity index (χ0v) is 12.4. The lowest BCUT2D eigenvalue weighted by Crippen LogP contribution is -2.28. The van der Waals surface area contributed by atoms with E-state index >= 15 is 0 Å². The Hall–Kier alpha value is -1.81. The smallest absolute Gasteiger partial charge is 0.216 e. The number of hydrogen-bond acceptors (Lipinski definition) is 2. The molecule has 1 fully saturated rings. The maximum Gasteiger partial charge on any atom is 0.216 e. The average molecular weight is 283 g/mol. The number of rotatable bonds is 3. The molecule has 1 amide bonds. The van der Waals surface area contributed by atoms with Crippen LogP contribution in [0.5, 0.6) is 0 Å². The summed E-state index contributed by atoms with van der Waals surface area (Å²) in [6, 6.07) is 8.70. The fourth-order valence-corrected chi connectivity index (χ4v) is 4.04. The Bertz CT molecular complexity index is 703.